The fourth-order valence-corrected chi connectivity index (χ4v) is 2.55. The van der Waals surface area contributed by atoms with Gasteiger partial charge in [-0.25, -0.2) is 9.50 Å². The minimum atomic E-state index is -0.434. The highest BCUT2D eigenvalue weighted by Gasteiger charge is 2.18. The van der Waals surface area contributed by atoms with Crippen molar-refractivity contribution in [3.63, 3.8) is 0 Å². The van der Waals surface area contributed by atoms with Crippen LogP contribution in [0.25, 0.3) is 16.9 Å². The van der Waals surface area contributed by atoms with Gasteiger partial charge in [-0.3, -0.25) is 4.79 Å². The van der Waals surface area contributed by atoms with Gasteiger partial charge in [-0.2, -0.15) is 5.10 Å². The van der Waals surface area contributed by atoms with Gasteiger partial charge in [-0.1, -0.05) is 0 Å². The number of nitrogens with zero attached hydrogens (tertiary/aromatic N) is 3. The van der Waals surface area contributed by atoms with Crippen molar-refractivity contribution >= 4 is 11.6 Å². The maximum atomic E-state index is 11.4. The molecule has 0 spiro atoms. The SMILES string of the molecule is Cc1cc(C)n2nc(-c3ccc(O)cc3)c(CC(N)=O)c2n1. The molecule has 3 aromatic rings. The van der Waals surface area contributed by atoms with E-state index in [-0.39, 0.29) is 12.2 Å². The molecule has 0 saturated carbocycles. The first-order valence-corrected chi connectivity index (χ1v) is 6.89. The number of hydrogen-bond acceptors (Lipinski definition) is 4. The van der Waals surface area contributed by atoms with E-state index in [1.165, 1.54) is 0 Å². The molecule has 0 aliphatic rings. The second-order valence-electron chi connectivity index (χ2n) is 5.29. The molecule has 0 atom stereocenters. The number of primary amides is 1. The minimum Gasteiger partial charge on any atom is -0.508 e. The summed E-state index contributed by atoms with van der Waals surface area (Å²) >= 11 is 0. The first kappa shape index (κ1) is 14.1. The van der Waals surface area contributed by atoms with Gasteiger partial charge in [0.05, 0.1) is 12.1 Å². The van der Waals surface area contributed by atoms with Crippen LogP contribution >= 0.6 is 0 Å². The molecule has 0 saturated heterocycles. The molecule has 0 bridgehead atoms. The molecule has 2 aromatic heterocycles. The number of phenolic OH excluding ortho intramolecular Hbond substituents is 1. The van der Waals surface area contributed by atoms with E-state index in [0.717, 1.165) is 17.0 Å². The lowest BCUT2D eigenvalue weighted by Crippen LogP contribution is -2.14. The smallest absolute Gasteiger partial charge is 0.222 e. The van der Waals surface area contributed by atoms with Crippen LogP contribution < -0.4 is 5.73 Å². The van der Waals surface area contributed by atoms with E-state index in [1.807, 2.05) is 19.9 Å². The average molecular weight is 296 g/mol. The third-order valence-corrected chi connectivity index (χ3v) is 3.48. The molecule has 3 N–H and O–H groups in total. The summed E-state index contributed by atoms with van der Waals surface area (Å²) in [5, 5.41) is 14.0. The van der Waals surface area contributed by atoms with Crippen molar-refractivity contribution in [2.24, 2.45) is 5.73 Å². The summed E-state index contributed by atoms with van der Waals surface area (Å²) < 4.78 is 1.72. The first-order chi connectivity index (χ1) is 10.5. The summed E-state index contributed by atoms with van der Waals surface area (Å²) in [7, 11) is 0. The summed E-state index contributed by atoms with van der Waals surface area (Å²) in [5.41, 5.74) is 9.95. The van der Waals surface area contributed by atoms with E-state index < -0.39 is 5.91 Å². The maximum Gasteiger partial charge on any atom is 0.222 e. The number of fused-ring (bicyclic) bond motifs is 1. The fraction of sp³-hybridized carbons (Fsp3) is 0.188. The van der Waals surface area contributed by atoms with E-state index in [2.05, 4.69) is 10.1 Å². The molecule has 6 heteroatoms. The van der Waals surface area contributed by atoms with Gasteiger partial charge in [0.1, 0.15) is 5.75 Å². The normalized spacial score (nSPS) is 11.0. The molecule has 2 heterocycles. The van der Waals surface area contributed by atoms with E-state index in [9.17, 15) is 9.90 Å². The third-order valence-electron chi connectivity index (χ3n) is 3.48. The van der Waals surface area contributed by atoms with Crippen LogP contribution in [0.4, 0.5) is 0 Å². The molecule has 1 aromatic carbocycles. The number of rotatable bonds is 3. The Kier molecular flexibility index (Phi) is 3.29. The van der Waals surface area contributed by atoms with Crippen LogP contribution in [-0.4, -0.2) is 25.6 Å². The summed E-state index contributed by atoms with van der Waals surface area (Å²) in [4.78, 5) is 15.9. The highest BCUT2D eigenvalue weighted by Crippen LogP contribution is 2.28. The van der Waals surface area contributed by atoms with Crippen molar-refractivity contribution in [1.29, 1.82) is 0 Å². The zero-order chi connectivity index (χ0) is 15.9. The van der Waals surface area contributed by atoms with E-state index in [0.29, 0.717) is 16.9 Å². The molecule has 0 unspecified atom stereocenters. The van der Waals surface area contributed by atoms with Gasteiger partial charge >= 0.3 is 0 Å². The lowest BCUT2D eigenvalue weighted by molar-refractivity contribution is -0.117. The zero-order valence-electron chi connectivity index (χ0n) is 12.4. The quantitative estimate of drug-likeness (QED) is 0.770. The number of aromatic hydroxyl groups is 1. The van der Waals surface area contributed by atoms with Crippen molar-refractivity contribution in [2.75, 3.05) is 0 Å². The van der Waals surface area contributed by atoms with Crippen LogP contribution in [0.2, 0.25) is 0 Å². The van der Waals surface area contributed by atoms with Crippen molar-refractivity contribution < 1.29 is 9.90 Å². The Balaban J connectivity index is 2.30. The number of nitrogens with two attached hydrogens (primary N) is 1. The maximum absolute atomic E-state index is 11.4. The van der Waals surface area contributed by atoms with Gasteiger partial charge in [0.2, 0.25) is 5.91 Å². The highest BCUT2D eigenvalue weighted by atomic mass is 16.3. The van der Waals surface area contributed by atoms with Crippen molar-refractivity contribution in [2.45, 2.75) is 20.3 Å². The largest absolute Gasteiger partial charge is 0.508 e. The summed E-state index contributed by atoms with van der Waals surface area (Å²) in [6, 6.07) is 8.60. The number of phenols is 1. The Labute approximate surface area is 127 Å². The van der Waals surface area contributed by atoms with Gasteiger partial charge in [-0.15, -0.1) is 0 Å². The molecule has 0 fully saturated rings. The Morgan fingerprint density at radius 3 is 2.59 bits per heavy atom. The first-order valence-electron chi connectivity index (χ1n) is 6.89. The van der Waals surface area contributed by atoms with Crippen LogP contribution in [0.15, 0.2) is 30.3 Å². The second-order valence-corrected chi connectivity index (χ2v) is 5.29. The average Bonchev–Trinajstić information content (AvgIpc) is 2.78. The van der Waals surface area contributed by atoms with Gasteiger partial charge in [0, 0.05) is 22.5 Å². The topological polar surface area (TPSA) is 93.5 Å². The van der Waals surface area contributed by atoms with E-state index in [4.69, 9.17) is 5.73 Å². The van der Waals surface area contributed by atoms with Crippen LogP contribution in [0.5, 0.6) is 5.75 Å². The predicted octanol–water partition coefficient (Wildman–Crippen LogP) is 1.75. The molecular formula is C16H16N4O2. The monoisotopic (exact) mass is 296 g/mol. The molecule has 6 nitrogen and oxygen atoms in total. The van der Waals surface area contributed by atoms with Crippen LogP contribution in [-0.2, 0) is 11.2 Å². The fourth-order valence-electron chi connectivity index (χ4n) is 2.55. The lowest BCUT2D eigenvalue weighted by Gasteiger charge is -2.02. The zero-order valence-corrected chi connectivity index (χ0v) is 12.4. The molecule has 0 aliphatic heterocycles. The number of amides is 1. The summed E-state index contributed by atoms with van der Waals surface area (Å²) in [6.07, 6.45) is 0.0651. The molecule has 3 rings (SSSR count). The molecule has 112 valence electrons. The van der Waals surface area contributed by atoms with Gasteiger partial charge in [-0.05, 0) is 44.2 Å². The van der Waals surface area contributed by atoms with Gasteiger partial charge in [0.15, 0.2) is 5.65 Å². The van der Waals surface area contributed by atoms with Crippen LogP contribution in [0.1, 0.15) is 17.0 Å². The van der Waals surface area contributed by atoms with Gasteiger partial charge in [0.25, 0.3) is 0 Å². The lowest BCUT2D eigenvalue weighted by atomic mass is 10.1. The molecule has 1 amide bonds. The summed E-state index contributed by atoms with van der Waals surface area (Å²) in [5.74, 6) is -0.259. The number of benzene rings is 1. The number of aryl methyl sites for hydroxylation is 2. The number of carbonyl (C=O) groups excluding carboxylic acids is 1. The Hall–Kier alpha value is -2.89. The summed E-state index contributed by atoms with van der Waals surface area (Å²) in [6.45, 7) is 3.83. The Bertz CT molecular complexity index is 866. The van der Waals surface area contributed by atoms with Gasteiger partial charge < -0.3 is 10.8 Å². The van der Waals surface area contributed by atoms with Crippen LogP contribution in [0, 0.1) is 13.8 Å². The molecule has 22 heavy (non-hydrogen) atoms. The molecular weight excluding hydrogens is 280 g/mol. The minimum absolute atomic E-state index is 0.0651. The molecule has 0 radical (unpaired) electrons. The van der Waals surface area contributed by atoms with E-state index >= 15 is 0 Å². The Morgan fingerprint density at radius 2 is 1.95 bits per heavy atom. The van der Waals surface area contributed by atoms with Crippen molar-refractivity contribution in [3.8, 4) is 17.0 Å². The highest BCUT2D eigenvalue weighted by molar-refractivity contribution is 5.83. The van der Waals surface area contributed by atoms with Crippen molar-refractivity contribution in [1.82, 2.24) is 14.6 Å². The van der Waals surface area contributed by atoms with E-state index in [1.54, 1.807) is 28.8 Å². The second kappa shape index (κ2) is 5.14. The third kappa shape index (κ3) is 2.39. The standard InChI is InChI=1S/C16H16N4O2/c1-9-7-10(2)20-16(18-9)13(8-14(17)22)15(19-20)11-3-5-12(21)6-4-11/h3-7,21H,8H2,1-2H3,(H2,17,22). The predicted molar refractivity (Wildman–Crippen MR) is 82.5 cm³/mol. The number of aromatic nitrogens is 3. The molecule has 0 aliphatic carbocycles. The van der Waals surface area contributed by atoms with Crippen LogP contribution in [0.3, 0.4) is 0 Å². The van der Waals surface area contributed by atoms with Crippen molar-refractivity contribution in [3.05, 3.63) is 47.3 Å². The Morgan fingerprint density at radius 1 is 1.27 bits per heavy atom. The number of carbonyl (C=O) groups is 1. The number of hydrogen-bond donors (Lipinski definition) is 2.